The number of carboxylic acids is 1. The minimum absolute atomic E-state index is 0.0425. The highest BCUT2D eigenvalue weighted by Crippen LogP contribution is 2.24. The molecule has 0 aromatic carbocycles. The normalized spacial score (nSPS) is 13.2. The van der Waals surface area contributed by atoms with E-state index in [9.17, 15) is 4.79 Å². The van der Waals surface area contributed by atoms with Crippen molar-refractivity contribution in [2.75, 3.05) is 5.32 Å². The molecular weight excluding hydrogens is 218 g/mol. The highest BCUT2D eigenvalue weighted by molar-refractivity contribution is 5.68. The fourth-order valence-corrected chi connectivity index (χ4v) is 1.42. The molecule has 0 aliphatic rings. The van der Waals surface area contributed by atoms with E-state index in [1.807, 2.05) is 27.7 Å². The van der Waals surface area contributed by atoms with Crippen LogP contribution < -0.4 is 5.32 Å². The molecule has 1 aromatic rings. The van der Waals surface area contributed by atoms with Gasteiger partial charge in [-0.25, -0.2) is 9.97 Å². The Bertz CT molecular complexity index is 399. The Balaban J connectivity index is 2.83. The lowest BCUT2D eigenvalue weighted by atomic mass is 9.85. The molecule has 5 heteroatoms. The average Bonchev–Trinajstić information content (AvgIpc) is 2.14. The molecule has 5 nitrogen and oxygen atoms in total. The van der Waals surface area contributed by atoms with E-state index < -0.39 is 5.97 Å². The molecule has 0 saturated carbocycles. The number of aryl methyl sites for hydroxylation is 1. The third kappa shape index (κ3) is 4.38. The van der Waals surface area contributed by atoms with Crippen LogP contribution in [0.2, 0.25) is 0 Å². The van der Waals surface area contributed by atoms with Crippen LogP contribution in [0.3, 0.4) is 0 Å². The van der Waals surface area contributed by atoms with Crippen LogP contribution in [-0.2, 0) is 4.79 Å². The van der Waals surface area contributed by atoms with Crippen molar-refractivity contribution in [1.29, 1.82) is 0 Å². The number of hydrogen-bond acceptors (Lipinski definition) is 4. The fraction of sp³-hybridized carbons (Fsp3) is 0.583. The average molecular weight is 237 g/mol. The summed E-state index contributed by atoms with van der Waals surface area (Å²) in [6.07, 6.45) is 1.70. The monoisotopic (exact) mass is 237 g/mol. The summed E-state index contributed by atoms with van der Waals surface area (Å²) in [7, 11) is 0. The Morgan fingerprint density at radius 2 is 2.18 bits per heavy atom. The van der Waals surface area contributed by atoms with Gasteiger partial charge in [-0.05, 0) is 18.4 Å². The number of carbonyl (C=O) groups is 1. The zero-order valence-electron chi connectivity index (χ0n) is 10.7. The molecule has 0 amide bonds. The topological polar surface area (TPSA) is 75.1 Å². The first-order chi connectivity index (χ1) is 7.79. The number of aromatic nitrogens is 2. The van der Waals surface area contributed by atoms with Gasteiger partial charge in [-0.3, -0.25) is 4.79 Å². The molecule has 0 aliphatic heterocycles. The molecule has 0 saturated heterocycles. The van der Waals surface area contributed by atoms with E-state index in [-0.39, 0.29) is 17.9 Å². The van der Waals surface area contributed by atoms with Crippen molar-refractivity contribution in [3.8, 4) is 0 Å². The van der Waals surface area contributed by atoms with E-state index in [4.69, 9.17) is 5.11 Å². The Morgan fingerprint density at radius 1 is 1.53 bits per heavy atom. The second-order valence-electron chi connectivity index (χ2n) is 5.18. The Kier molecular flexibility index (Phi) is 4.04. The van der Waals surface area contributed by atoms with Gasteiger partial charge in [0.1, 0.15) is 0 Å². The zero-order chi connectivity index (χ0) is 13.1. The van der Waals surface area contributed by atoms with Crippen LogP contribution in [0.4, 0.5) is 5.95 Å². The number of hydrogen-bond donors (Lipinski definition) is 2. The van der Waals surface area contributed by atoms with Gasteiger partial charge in [-0.2, -0.15) is 0 Å². The van der Waals surface area contributed by atoms with E-state index in [1.54, 1.807) is 12.3 Å². The third-order valence-electron chi connectivity index (χ3n) is 2.52. The minimum Gasteiger partial charge on any atom is -0.481 e. The van der Waals surface area contributed by atoms with Gasteiger partial charge in [0.2, 0.25) is 5.95 Å². The first kappa shape index (κ1) is 13.4. The fourth-order valence-electron chi connectivity index (χ4n) is 1.42. The van der Waals surface area contributed by atoms with Gasteiger partial charge in [-0.1, -0.05) is 20.8 Å². The first-order valence-electron chi connectivity index (χ1n) is 5.57. The molecule has 1 unspecified atom stereocenters. The summed E-state index contributed by atoms with van der Waals surface area (Å²) in [5, 5.41) is 12.0. The molecule has 0 bridgehead atoms. The van der Waals surface area contributed by atoms with Crippen molar-refractivity contribution in [1.82, 2.24) is 9.97 Å². The molecule has 1 rings (SSSR count). The van der Waals surface area contributed by atoms with Gasteiger partial charge < -0.3 is 10.4 Å². The summed E-state index contributed by atoms with van der Waals surface area (Å²) < 4.78 is 0. The molecule has 1 atom stereocenters. The molecule has 2 N–H and O–H groups in total. The van der Waals surface area contributed by atoms with Crippen LogP contribution in [-0.4, -0.2) is 27.1 Å². The van der Waals surface area contributed by atoms with Crippen LogP contribution in [0, 0.1) is 12.3 Å². The van der Waals surface area contributed by atoms with Crippen LogP contribution in [0.1, 0.15) is 32.9 Å². The molecule has 0 aliphatic carbocycles. The number of rotatable bonds is 4. The van der Waals surface area contributed by atoms with Crippen molar-refractivity contribution in [3.05, 3.63) is 18.0 Å². The summed E-state index contributed by atoms with van der Waals surface area (Å²) in [5.41, 5.74) is 0.677. The van der Waals surface area contributed by atoms with Crippen LogP contribution >= 0.6 is 0 Å². The van der Waals surface area contributed by atoms with Crippen molar-refractivity contribution in [2.24, 2.45) is 5.41 Å². The van der Waals surface area contributed by atoms with E-state index in [0.29, 0.717) is 5.95 Å². The second kappa shape index (κ2) is 5.12. The molecule has 0 radical (unpaired) electrons. The molecule has 17 heavy (non-hydrogen) atoms. The highest BCUT2D eigenvalue weighted by atomic mass is 16.4. The van der Waals surface area contributed by atoms with Crippen molar-refractivity contribution >= 4 is 11.9 Å². The molecule has 0 fully saturated rings. The third-order valence-corrected chi connectivity index (χ3v) is 2.52. The van der Waals surface area contributed by atoms with Gasteiger partial charge in [0.15, 0.2) is 0 Å². The summed E-state index contributed by atoms with van der Waals surface area (Å²) >= 11 is 0. The number of carboxylic acid groups (broad SMARTS) is 1. The van der Waals surface area contributed by atoms with E-state index >= 15 is 0 Å². The maximum atomic E-state index is 10.8. The number of nitrogens with zero attached hydrogens (tertiary/aromatic N) is 2. The smallest absolute Gasteiger partial charge is 0.305 e. The lowest BCUT2D eigenvalue weighted by Gasteiger charge is -2.30. The predicted molar refractivity (Wildman–Crippen MR) is 65.9 cm³/mol. The molecule has 1 heterocycles. The lowest BCUT2D eigenvalue weighted by molar-refractivity contribution is -0.137. The van der Waals surface area contributed by atoms with Gasteiger partial charge >= 0.3 is 5.97 Å². The quantitative estimate of drug-likeness (QED) is 0.838. The van der Waals surface area contributed by atoms with E-state index in [0.717, 1.165) is 5.69 Å². The zero-order valence-corrected chi connectivity index (χ0v) is 10.7. The van der Waals surface area contributed by atoms with Crippen molar-refractivity contribution in [2.45, 2.75) is 40.2 Å². The van der Waals surface area contributed by atoms with Crippen LogP contribution in [0.5, 0.6) is 0 Å². The van der Waals surface area contributed by atoms with Crippen molar-refractivity contribution < 1.29 is 9.90 Å². The Hall–Kier alpha value is -1.65. The summed E-state index contributed by atoms with van der Waals surface area (Å²) in [5.74, 6) is -0.351. The van der Waals surface area contributed by atoms with Gasteiger partial charge in [0.05, 0.1) is 6.42 Å². The predicted octanol–water partition coefficient (Wildman–Crippen LogP) is 2.09. The van der Waals surface area contributed by atoms with Gasteiger partial charge in [-0.15, -0.1) is 0 Å². The summed E-state index contributed by atoms with van der Waals surface area (Å²) in [6, 6.07) is 1.59. The van der Waals surface area contributed by atoms with E-state index in [2.05, 4.69) is 15.3 Å². The maximum absolute atomic E-state index is 10.8. The Morgan fingerprint density at radius 3 is 2.65 bits per heavy atom. The second-order valence-corrected chi connectivity index (χ2v) is 5.18. The minimum atomic E-state index is -0.829. The summed E-state index contributed by atoms with van der Waals surface area (Å²) in [4.78, 5) is 19.1. The lowest BCUT2D eigenvalue weighted by Crippen LogP contribution is -2.36. The Labute approximate surface area is 101 Å². The maximum Gasteiger partial charge on any atom is 0.305 e. The van der Waals surface area contributed by atoms with Gasteiger partial charge in [0, 0.05) is 17.9 Å². The number of nitrogens with one attached hydrogen (secondary N) is 1. The van der Waals surface area contributed by atoms with E-state index in [1.165, 1.54) is 0 Å². The molecule has 94 valence electrons. The highest BCUT2D eigenvalue weighted by Gasteiger charge is 2.27. The SMILES string of the molecule is Cc1ccnc(NC(CC(=O)O)C(C)(C)C)n1. The van der Waals surface area contributed by atoms with Crippen LogP contribution in [0.25, 0.3) is 0 Å². The molecular formula is C12H19N3O2. The first-order valence-corrected chi connectivity index (χ1v) is 5.57. The number of aliphatic carboxylic acids is 1. The molecule has 0 spiro atoms. The van der Waals surface area contributed by atoms with Crippen LogP contribution in [0.15, 0.2) is 12.3 Å². The standard InChI is InChI=1S/C12H19N3O2/c1-8-5-6-13-11(14-8)15-9(7-10(16)17)12(2,3)4/h5-6,9H,7H2,1-4H3,(H,16,17)(H,13,14,15). The largest absolute Gasteiger partial charge is 0.481 e. The molecule has 1 aromatic heterocycles. The summed E-state index contributed by atoms with van der Waals surface area (Å²) in [6.45, 7) is 7.84. The number of anilines is 1. The van der Waals surface area contributed by atoms with Crippen molar-refractivity contribution in [3.63, 3.8) is 0 Å². The van der Waals surface area contributed by atoms with Gasteiger partial charge in [0.25, 0.3) is 0 Å².